The number of aromatic nitrogens is 2. The lowest BCUT2D eigenvalue weighted by Crippen LogP contribution is -2.01. The highest BCUT2D eigenvalue weighted by atomic mass is 35.5. The number of carbonyl (C=O) groups excluding carboxylic acids is 1. The van der Waals surface area contributed by atoms with E-state index in [1.165, 1.54) is 7.11 Å². The second-order valence-corrected chi connectivity index (χ2v) is 5.16. The molecule has 106 valence electrons. The Hall–Kier alpha value is -2.33. The maximum absolute atomic E-state index is 11.5. The molecule has 4 nitrogen and oxygen atoms in total. The zero-order chi connectivity index (χ0) is 14.8. The van der Waals surface area contributed by atoms with Crippen LogP contribution in [0.5, 0.6) is 0 Å². The topological polar surface area (TPSA) is 44.1 Å². The van der Waals surface area contributed by atoms with Crippen LogP contribution in [0, 0.1) is 0 Å². The van der Waals surface area contributed by atoms with Crippen molar-refractivity contribution >= 4 is 28.5 Å². The highest BCUT2D eigenvalue weighted by Gasteiger charge is 2.08. The Morgan fingerprint density at radius 3 is 2.90 bits per heavy atom. The fourth-order valence-electron chi connectivity index (χ4n) is 2.22. The third kappa shape index (κ3) is 2.90. The van der Waals surface area contributed by atoms with Crippen LogP contribution in [0.2, 0.25) is 5.02 Å². The molecule has 0 amide bonds. The van der Waals surface area contributed by atoms with Crippen LogP contribution >= 0.6 is 11.6 Å². The van der Waals surface area contributed by atoms with Crippen molar-refractivity contribution in [2.75, 3.05) is 7.11 Å². The average molecular weight is 301 g/mol. The standard InChI is InChI=1S/C16H13ClN2O2/c1-21-16(20)12-5-6-13-10-19(18-15(13)8-12)9-11-3-2-4-14(17)7-11/h2-8,10H,9H2,1H3. The van der Waals surface area contributed by atoms with Gasteiger partial charge >= 0.3 is 5.97 Å². The Morgan fingerprint density at radius 1 is 1.29 bits per heavy atom. The molecule has 0 saturated carbocycles. The first-order valence-corrected chi connectivity index (χ1v) is 6.83. The van der Waals surface area contributed by atoms with Gasteiger partial charge in [-0.15, -0.1) is 0 Å². The van der Waals surface area contributed by atoms with Crippen molar-refractivity contribution in [3.63, 3.8) is 0 Å². The quantitative estimate of drug-likeness (QED) is 0.695. The van der Waals surface area contributed by atoms with Gasteiger partial charge in [0.05, 0.1) is 24.7 Å². The second kappa shape index (κ2) is 5.58. The van der Waals surface area contributed by atoms with Crippen LogP contribution in [-0.4, -0.2) is 22.9 Å². The summed E-state index contributed by atoms with van der Waals surface area (Å²) in [6.45, 7) is 0.628. The number of hydrogen-bond donors (Lipinski definition) is 0. The minimum Gasteiger partial charge on any atom is -0.465 e. The number of methoxy groups -OCH3 is 1. The van der Waals surface area contributed by atoms with E-state index in [4.69, 9.17) is 16.3 Å². The predicted molar refractivity (Wildman–Crippen MR) is 81.6 cm³/mol. The molecule has 0 aliphatic rings. The van der Waals surface area contributed by atoms with Crippen LogP contribution in [0.3, 0.4) is 0 Å². The van der Waals surface area contributed by atoms with E-state index in [1.807, 2.05) is 41.2 Å². The molecule has 0 fully saturated rings. The molecule has 2 aromatic carbocycles. The fraction of sp³-hybridized carbons (Fsp3) is 0.125. The van der Waals surface area contributed by atoms with Gasteiger partial charge in [-0.05, 0) is 29.8 Å². The molecule has 0 atom stereocenters. The lowest BCUT2D eigenvalue weighted by Gasteiger charge is -2.01. The number of carbonyl (C=O) groups is 1. The summed E-state index contributed by atoms with van der Waals surface area (Å²) in [6, 6.07) is 13.0. The highest BCUT2D eigenvalue weighted by Crippen LogP contribution is 2.17. The molecular weight excluding hydrogens is 288 g/mol. The fourth-order valence-corrected chi connectivity index (χ4v) is 2.43. The lowest BCUT2D eigenvalue weighted by molar-refractivity contribution is 0.0601. The maximum Gasteiger partial charge on any atom is 0.337 e. The molecule has 0 bridgehead atoms. The monoisotopic (exact) mass is 300 g/mol. The predicted octanol–water partition coefficient (Wildman–Crippen LogP) is 3.52. The summed E-state index contributed by atoms with van der Waals surface area (Å²) in [6.07, 6.45) is 1.94. The third-order valence-electron chi connectivity index (χ3n) is 3.21. The van der Waals surface area contributed by atoms with E-state index in [0.29, 0.717) is 17.1 Å². The van der Waals surface area contributed by atoms with Crippen molar-refractivity contribution in [1.82, 2.24) is 9.78 Å². The summed E-state index contributed by atoms with van der Waals surface area (Å²) >= 11 is 5.98. The number of ether oxygens (including phenoxy) is 1. The molecule has 0 spiro atoms. The van der Waals surface area contributed by atoms with Gasteiger partial charge in [0, 0.05) is 16.6 Å². The molecule has 3 rings (SSSR count). The van der Waals surface area contributed by atoms with Gasteiger partial charge in [-0.3, -0.25) is 4.68 Å². The molecule has 5 heteroatoms. The molecule has 1 heterocycles. The molecule has 0 radical (unpaired) electrons. The first kappa shape index (κ1) is 13.6. The maximum atomic E-state index is 11.5. The Balaban J connectivity index is 1.92. The number of hydrogen-bond acceptors (Lipinski definition) is 3. The number of rotatable bonds is 3. The number of esters is 1. The molecule has 0 aliphatic carbocycles. The van der Waals surface area contributed by atoms with Gasteiger partial charge in [-0.25, -0.2) is 4.79 Å². The smallest absolute Gasteiger partial charge is 0.337 e. The summed E-state index contributed by atoms with van der Waals surface area (Å²) in [5, 5.41) is 6.16. The molecular formula is C16H13ClN2O2. The van der Waals surface area contributed by atoms with Crippen molar-refractivity contribution in [1.29, 1.82) is 0 Å². The number of benzene rings is 2. The largest absolute Gasteiger partial charge is 0.465 e. The first-order chi connectivity index (χ1) is 10.2. The Morgan fingerprint density at radius 2 is 2.14 bits per heavy atom. The summed E-state index contributed by atoms with van der Waals surface area (Å²) in [5.41, 5.74) is 2.33. The van der Waals surface area contributed by atoms with Gasteiger partial charge in [0.25, 0.3) is 0 Å². The van der Waals surface area contributed by atoms with Crippen LogP contribution in [0.4, 0.5) is 0 Å². The van der Waals surface area contributed by atoms with Crippen LogP contribution in [0.1, 0.15) is 15.9 Å². The minimum absolute atomic E-state index is 0.360. The summed E-state index contributed by atoms with van der Waals surface area (Å²) in [5.74, 6) is -0.360. The number of fused-ring (bicyclic) bond motifs is 1. The molecule has 0 saturated heterocycles. The van der Waals surface area contributed by atoms with Crippen LogP contribution in [-0.2, 0) is 11.3 Å². The minimum atomic E-state index is -0.360. The van der Waals surface area contributed by atoms with Crippen molar-refractivity contribution in [3.8, 4) is 0 Å². The molecule has 21 heavy (non-hydrogen) atoms. The van der Waals surface area contributed by atoms with Gasteiger partial charge in [-0.2, -0.15) is 5.10 Å². The molecule has 1 aromatic heterocycles. The average Bonchev–Trinajstić information content (AvgIpc) is 2.87. The highest BCUT2D eigenvalue weighted by molar-refractivity contribution is 6.30. The van der Waals surface area contributed by atoms with E-state index in [9.17, 15) is 4.79 Å². The normalized spacial score (nSPS) is 10.8. The lowest BCUT2D eigenvalue weighted by atomic mass is 10.2. The van der Waals surface area contributed by atoms with Gasteiger partial charge in [0.15, 0.2) is 0 Å². The van der Waals surface area contributed by atoms with E-state index >= 15 is 0 Å². The van der Waals surface area contributed by atoms with Crippen LogP contribution in [0.15, 0.2) is 48.7 Å². The SMILES string of the molecule is COC(=O)c1ccc2cn(Cc3cccc(Cl)c3)nc2c1. The van der Waals surface area contributed by atoms with E-state index in [-0.39, 0.29) is 5.97 Å². The summed E-state index contributed by atoms with van der Waals surface area (Å²) < 4.78 is 6.54. The Labute approximate surface area is 126 Å². The second-order valence-electron chi connectivity index (χ2n) is 4.72. The van der Waals surface area contributed by atoms with Gasteiger partial charge < -0.3 is 4.74 Å². The number of halogens is 1. The van der Waals surface area contributed by atoms with Crippen LogP contribution in [0.25, 0.3) is 10.9 Å². The van der Waals surface area contributed by atoms with E-state index in [2.05, 4.69) is 5.10 Å². The molecule has 3 aromatic rings. The van der Waals surface area contributed by atoms with E-state index in [0.717, 1.165) is 16.5 Å². The summed E-state index contributed by atoms with van der Waals surface area (Å²) in [4.78, 5) is 11.5. The molecule has 0 aliphatic heterocycles. The van der Waals surface area contributed by atoms with E-state index < -0.39 is 0 Å². The third-order valence-corrected chi connectivity index (χ3v) is 3.44. The van der Waals surface area contributed by atoms with Crippen molar-refractivity contribution in [2.45, 2.75) is 6.54 Å². The molecule has 0 N–H and O–H groups in total. The Bertz CT molecular complexity index is 811. The molecule has 0 unspecified atom stereocenters. The van der Waals surface area contributed by atoms with Crippen molar-refractivity contribution in [3.05, 3.63) is 64.8 Å². The van der Waals surface area contributed by atoms with E-state index in [1.54, 1.807) is 12.1 Å². The van der Waals surface area contributed by atoms with Gasteiger partial charge in [-0.1, -0.05) is 29.8 Å². The first-order valence-electron chi connectivity index (χ1n) is 6.46. The van der Waals surface area contributed by atoms with Crippen molar-refractivity contribution in [2.24, 2.45) is 0 Å². The zero-order valence-electron chi connectivity index (χ0n) is 11.4. The zero-order valence-corrected chi connectivity index (χ0v) is 12.2. The van der Waals surface area contributed by atoms with Crippen LogP contribution < -0.4 is 0 Å². The van der Waals surface area contributed by atoms with Crippen molar-refractivity contribution < 1.29 is 9.53 Å². The summed E-state index contributed by atoms with van der Waals surface area (Å²) in [7, 11) is 1.37. The number of nitrogens with zero attached hydrogens (tertiary/aromatic N) is 2. The Kier molecular flexibility index (Phi) is 3.62. The van der Waals surface area contributed by atoms with Gasteiger partial charge in [0.2, 0.25) is 0 Å². The van der Waals surface area contributed by atoms with Gasteiger partial charge in [0.1, 0.15) is 0 Å².